The lowest BCUT2D eigenvalue weighted by molar-refractivity contribution is -0.114. The van der Waals surface area contributed by atoms with Crippen LogP contribution in [0.25, 0.3) is 0 Å². The normalized spacial score (nSPS) is 10.5. The highest BCUT2D eigenvalue weighted by Gasteiger charge is 2.05. The number of nitrogens with one attached hydrogen (secondary N) is 2. The molecule has 2 rings (SSSR count). The van der Waals surface area contributed by atoms with E-state index in [1.165, 1.54) is 25.7 Å². The van der Waals surface area contributed by atoms with Crippen molar-refractivity contribution < 1.29 is 9.53 Å². The predicted octanol–water partition coefficient (Wildman–Crippen LogP) is 6.39. The van der Waals surface area contributed by atoms with E-state index in [0.29, 0.717) is 15.7 Å². The van der Waals surface area contributed by atoms with Gasteiger partial charge in [-0.15, -0.1) is 0 Å². The van der Waals surface area contributed by atoms with Gasteiger partial charge in [0.05, 0.1) is 23.9 Å². The van der Waals surface area contributed by atoms with E-state index in [2.05, 4.69) is 17.6 Å². The first-order valence-electron chi connectivity index (χ1n) is 9.30. The molecule has 0 aliphatic rings. The molecule has 0 unspecified atom stereocenters. The molecule has 0 saturated heterocycles. The Kier molecular flexibility index (Phi) is 9.29. The molecule has 6 heteroatoms. The van der Waals surface area contributed by atoms with Crippen molar-refractivity contribution in [3.05, 3.63) is 52.5 Å². The van der Waals surface area contributed by atoms with E-state index >= 15 is 0 Å². The molecule has 0 spiro atoms. The fourth-order valence-electron chi connectivity index (χ4n) is 2.54. The SMILES string of the molecule is CCCCCCCOc1ccc(NC(=O)CNc2ccc(Cl)cc2Cl)cc1. The van der Waals surface area contributed by atoms with E-state index in [1.54, 1.807) is 18.2 Å². The topological polar surface area (TPSA) is 50.4 Å². The van der Waals surface area contributed by atoms with Gasteiger partial charge in [0, 0.05) is 10.7 Å². The first kappa shape index (κ1) is 21.4. The maximum absolute atomic E-state index is 12.1. The van der Waals surface area contributed by atoms with Crippen molar-refractivity contribution in [2.75, 3.05) is 23.8 Å². The van der Waals surface area contributed by atoms with Gasteiger partial charge in [-0.05, 0) is 48.9 Å². The van der Waals surface area contributed by atoms with E-state index in [-0.39, 0.29) is 12.5 Å². The van der Waals surface area contributed by atoms with Crippen LogP contribution in [0.15, 0.2) is 42.5 Å². The number of unbranched alkanes of at least 4 members (excludes halogenated alkanes) is 4. The third kappa shape index (κ3) is 8.10. The Morgan fingerprint density at radius 2 is 1.74 bits per heavy atom. The van der Waals surface area contributed by atoms with Crippen molar-refractivity contribution in [1.29, 1.82) is 0 Å². The van der Waals surface area contributed by atoms with E-state index in [1.807, 2.05) is 24.3 Å². The first-order valence-corrected chi connectivity index (χ1v) is 10.1. The average molecular weight is 409 g/mol. The quantitative estimate of drug-likeness (QED) is 0.423. The van der Waals surface area contributed by atoms with Gasteiger partial charge in [0.15, 0.2) is 0 Å². The minimum Gasteiger partial charge on any atom is -0.494 e. The minimum atomic E-state index is -0.161. The summed E-state index contributed by atoms with van der Waals surface area (Å²) in [5.41, 5.74) is 1.39. The van der Waals surface area contributed by atoms with Crippen molar-refractivity contribution in [2.45, 2.75) is 39.0 Å². The van der Waals surface area contributed by atoms with Gasteiger partial charge in [-0.25, -0.2) is 0 Å². The van der Waals surface area contributed by atoms with Crippen LogP contribution in [0.3, 0.4) is 0 Å². The van der Waals surface area contributed by atoms with Crippen LogP contribution in [0.4, 0.5) is 11.4 Å². The number of anilines is 2. The van der Waals surface area contributed by atoms with Crippen LogP contribution in [0.2, 0.25) is 10.0 Å². The Morgan fingerprint density at radius 3 is 2.44 bits per heavy atom. The molecule has 2 aromatic carbocycles. The van der Waals surface area contributed by atoms with Crippen molar-refractivity contribution in [3.63, 3.8) is 0 Å². The van der Waals surface area contributed by atoms with Gasteiger partial charge < -0.3 is 15.4 Å². The van der Waals surface area contributed by atoms with Gasteiger partial charge >= 0.3 is 0 Å². The highest BCUT2D eigenvalue weighted by molar-refractivity contribution is 6.36. The van der Waals surface area contributed by atoms with Gasteiger partial charge in [-0.2, -0.15) is 0 Å². The maximum atomic E-state index is 12.1. The van der Waals surface area contributed by atoms with Gasteiger partial charge in [-0.3, -0.25) is 4.79 Å². The molecule has 0 radical (unpaired) electrons. The summed E-state index contributed by atoms with van der Waals surface area (Å²) >= 11 is 11.9. The zero-order valence-electron chi connectivity index (χ0n) is 15.6. The monoisotopic (exact) mass is 408 g/mol. The summed E-state index contributed by atoms with van der Waals surface area (Å²) in [6.45, 7) is 3.04. The molecule has 146 valence electrons. The number of rotatable bonds is 11. The molecule has 2 aromatic rings. The molecule has 0 fully saturated rings. The fraction of sp³-hybridized carbons (Fsp3) is 0.381. The average Bonchev–Trinajstić information content (AvgIpc) is 2.65. The molecule has 0 aromatic heterocycles. The third-order valence-corrected chi connectivity index (χ3v) is 4.57. The molecule has 0 atom stereocenters. The number of halogens is 2. The van der Waals surface area contributed by atoms with Crippen LogP contribution in [0.1, 0.15) is 39.0 Å². The summed E-state index contributed by atoms with van der Waals surface area (Å²) < 4.78 is 5.72. The van der Waals surface area contributed by atoms with E-state index in [4.69, 9.17) is 27.9 Å². The van der Waals surface area contributed by atoms with Crippen LogP contribution in [-0.2, 0) is 4.79 Å². The lowest BCUT2D eigenvalue weighted by Gasteiger charge is -2.10. The fourth-order valence-corrected chi connectivity index (χ4v) is 3.02. The Hall–Kier alpha value is -1.91. The highest BCUT2D eigenvalue weighted by atomic mass is 35.5. The number of hydrogen-bond acceptors (Lipinski definition) is 3. The molecular weight excluding hydrogens is 383 g/mol. The second kappa shape index (κ2) is 11.7. The molecule has 1 amide bonds. The smallest absolute Gasteiger partial charge is 0.243 e. The maximum Gasteiger partial charge on any atom is 0.243 e. The Balaban J connectivity index is 1.71. The molecule has 0 aliphatic heterocycles. The van der Waals surface area contributed by atoms with Crippen LogP contribution in [0.5, 0.6) is 5.75 Å². The summed E-state index contributed by atoms with van der Waals surface area (Å²) in [4.78, 5) is 12.1. The molecule has 0 aliphatic carbocycles. The van der Waals surface area contributed by atoms with Crippen molar-refractivity contribution in [2.24, 2.45) is 0 Å². The van der Waals surface area contributed by atoms with Gasteiger partial charge in [0.1, 0.15) is 5.75 Å². The van der Waals surface area contributed by atoms with Gasteiger partial charge in [-0.1, -0.05) is 55.8 Å². The number of carbonyl (C=O) groups excluding carboxylic acids is 1. The standard InChI is InChI=1S/C21H26Cl2N2O2/c1-2-3-4-5-6-13-27-18-10-8-17(9-11-18)25-21(26)15-24-20-12-7-16(22)14-19(20)23/h7-12,14,24H,2-6,13,15H2,1H3,(H,25,26). The molecule has 0 bridgehead atoms. The van der Waals surface area contributed by atoms with Crippen molar-refractivity contribution in [1.82, 2.24) is 0 Å². The predicted molar refractivity (Wildman–Crippen MR) is 114 cm³/mol. The second-order valence-corrected chi connectivity index (χ2v) is 7.16. The number of ether oxygens (including phenoxy) is 1. The number of benzene rings is 2. The second-order valence-electron chi connectivity index (χ2n) is 6.31. The summed E-state index contributed by atoms with van der Waals surface area (Å²) in [6.07, 6.45) is 6.06. The van der Waals surface area contributed by atoms with E-state index in [0.717, 1.165) is 24.5 Å². The van der Waals surface area contributed by atoms with Crippen LogP contribution in [0, 0.1) is 0 Å². The largest absolute Gasteiger partial charge is 0.494 e. The summed E-state index contributed by atoms with van der Waals surface area (Å²) in [6, 6.07) is 12.5. The van der Waals surface area contributed by atoms with Crippen LogP contribution < -0.4 is 15.4 Å². The number of carbonyl (C=O) groups is 1. The molecular formula is C21H26Cl2N2O2. The Morgan fingerprint density at radius 1 is 1.00 bits per heavy atom. The van der Waals surface area contributed by atoms with Gasteiger partial charge in [0.25, 0.3) is 0 Å². The minimum absolute atomic E-state index is 0.108. The lowest BCUT2D eigenvalue weighted by atomic mass is 10.2. The lowest BCUT2D eigenvalue weighted by Crippen LogP contribution is -2.21. The Bertz CT molecular complexity index is 721. The molecule has 2 N–H and O–H groups in total. The zero-order valence-corrected chi connectivity index (χ0v) is 17.1. The van der Waals surface area contributed by atoms with E-state index in [9.17, 15) is 4.79 Å². The summed E-state index contributed by atoms with van der Waals surface area (Å²) in [7, 11) is 0. The highest BCUT2D eigenvalue weighted by Crippen LogP contribution is 2.25. The molecule has 0 heterocycles. The Labute approximate surface area is 171 Å². The molecule has 27 heavy (non-hydrogen) atoms. The zero-order chi connectivity index (χ0) is 19.5. The number of hydrogen-bond donors (Lipinski definition) is 2. The van der Waals surface area contributed by atoms with Crippen molar-refractivity contribution >= 4 is 40.5 Å². The van der Waals surface area contributed by atoms with Gasteiger partial charge in [0.2, 0.25) is 5.91 Å². The molecule has 4 nitrogen and oxygen atoms in total. The summed E-state index contributed by atoms with van der Waals surface area (Å²) in [5.74, 6) is 0.653. The summed E-state index contributed by atoms with van der Waals surface area (Å²) in [5, 5.41) is 6.86. The van der Waals surface area contributed by atoms with E-state index < -0.39 is 0 Å². The molecule has 0 saturated carbocycles. The van der Waals surface area contributed by atoms with Crippen LogP contribution in [-0.4, -0.2) is 19.1 Å². The van der Waals surface area contributed by atoms with Crippen molar-refractivity contribution in [3.8, 4) is 5.75 Å². The third-order valence-electron chi connectivity index (χ3n) is 4.03. The first-order chi connectivity index (χ1) is 13.1. The van der Waals surface area contributed by atoms with Crippen LogP contribution >= 0.6 is 23.2 Å². The number of amides is 1.